The van der Waals surface area contributed by atoms with E-state index in [1.165, 1.54) is 5.90 Å². The summed E-state index contributed by atoms with van der Waals surface area (Å²) in [7, 11) is -1.35. The summed E-state index contributed by atoms with van der Waals surface area (Å²) < 4.78 is 5.38. The summed E-state index contributed by atoms with van der Waals surface area (Å²) in [5.74, 6) is 2.35. The minimum Gasteiger partial charge on any atom is -0.396 e. The van der Waals surface area contributed by atoms with E-state index in [1.54, 1.807) is 0 Å². The molecule has 0 heterocycles. The summed E-state index contributed by atoms with van der Waals surface area (Å²) in [6, 6.07) is 0. The third-order valence-electron chi connectivity index (χ3n) is 1.40. The predicted molar refractivity (Wildman–Crippen MR) is 77.8 cm³/mol. The van der Waals surface area contributed by atoms with Crippen molar-refractivity contribution >= 4 is 41.1 Å². The van der Waals surface area contributed by atoms with E-state index in [9.17, 15) is 0 Å². The van der Waals surface area contributed by atoms with Gasteiger partial charge in [-0.3, -0.25) is 0 Å². The average molecular weight is 1400 g/mol. The normalized spacial score (nSPS) is 8.76. The molecule has 0 aromatic carbocycles. The zero-order chi connectivity index (χ0) is 10.5. The van der Waals surface area contributed by atoms with E-state index >= 15 is 0 Å². The van der Waals surface area contributed by atoms with Gasteiger partial charge in [-0.1, -0.05) is 12.9 Å². The van der Waals surface area contributed by atoms with Gasteiger partial charge in [-0.2, -0.15) is 0 Å². The van der Waals surface area contributed by atoms with Crippen LogP contribution in [0.5, 0.6) is 0 Å². The van der Waals surface area contributed by atoms with Crippen LogP contribution < -0.4 is 0 Å². The quantitative estimate of drug-likeness (QED) is 0.294. The van der Waals surface area contributed by atoms with Crippen LogP contribution in [-0.2, 0) is 385 Å². The van der Waals surface area contributed by atoms with Gasteiger partial charge in [-0.05, 0) is 27.0 Å². The monoisotopic (exact) mass is 1400 g/mol. The Hall–Kier alpha value is 13.7. The maximum absolute atomic E-state index is 5.38. The number of rotatable bonds is 6. The van der Waals surface area contributed by atoms with Crippen LogP contribution in [0.25, 0.3) is 0 Å². The molecular weight excluding hydrogens is 1380 g/mol. The fraction of sp³-hybridized carbons (Fsp3) is 0.556. The van der Waals surface area contributed by atoms with E-state index in [0.717, 1.165) is 5.90 Å². The van der Waals surface area contributed by atoms with E-state index in [1.807, 2.05) is 0 Å². The fourth-order valence-corrected chi connectivity index (χ4v) is 10.4. The molecule has 0 fully saturated rings. The van der Waals surface area contributed by atoms with Gasteiger partial charge in [0.25, 0.3) is 0 Å². The van der Waals surface area contributed by atoms with Crippen molar-refractivity contribution in [1.29, 1.82) is 0 Å². The Morgan fingerprint density at radius 3 is 1.28 bits per heavy atom. The van der Waals surface area contributed by atoms with E-state index in [4.69, 9.17) is 4.52 Å². The van der Waals surface area contributed by atoms with Gasteiger partial charge in [0.1, 0.15) is 0 Å². The standard InChI is InChI=1S/C9H22OP3.W.11Y/c1-7-10-12(3)8-11(2)9-13(4,5)6;;;;;;;;;;;;/h11-12H,1-4,7-9H2,5-6H3;;;;;;;;;;;;/q-1;;;;;;;;;;;;. The first-order valence-electron chi connectivity index (χ1n) is 4.29. The first kappa shape index (κ1) is 83.3. The summed E-state index contributed by atoms with van der Waals surface area (Å²) in [5.41, 5.74) is 0. The maximum atomic E-state index is 5.38. The van der Waals surface area contributed by atoms with Crippen LogP contribution in [0.4, 0.5) is 0 Å². The molecule has 1 nitrogen and oxygen atoms in total. The molecule has 0 saturated heterocycles. The smallest absolute Gasteiger partial charge is 0.00429 e. The molecule has 0 rings (SSSR count). The molecule has 0 saturated carbocycles. The van der Waals surface area contributed by atoms with Crippen molar-refractivity contribution in [3.05, 3.63) is 6.92 Å². The van der Waals surface area contributed by atoms with Crippen LogP contribution in [-0.4, -0.2) is 50.6 Å². The van der Waals surface area contributed by atoms with Crippen LogP contribution in [0, 0.1) is 6.92 Å². The molecule has 16 heteroatoms. The molecule has 25 heavy (non-hydrogen) atoms. The van der Waals surface area contributed by atoms with Gasteiger partial charge >= 0.3 is 0 Å². The van der Waals surface area contributed by atoms with Crippen molar-refractivity contribution in [3.63, 3.8) is 0 Å². The Bertz CT molecular complexity index is 269. The second kappa shape index (κ2) is 57.6. The summed E-state index contributed by atoms with van der Waals surface area (Å²) in [5, 5.41) is 0. The summed E-state index contributed by atoms with van der Waals surface area (Å²) in [6.07, 6.45) is 12.4. The SMILES string of the molecule is C=[PH](C[PH](=C)OC[CH2-])CP(=C)(C)C.[W].[Y].[Y].[Y].[Y].[Y].[Y].[Y].[Y].[Y].[Y].[Y]. The van der Waals surface area contributed by atoms with Crippen LogP contribution in [0.2, 0.25) is 0 Å². The van der Waals surface area contributed by atoms with E-state index < -0.39 is 22.2 Å². The van der Waals surface area contributed by atoms with Crippen LogP contribution >= 0.6 is 22.2 Å². The molecule has 119 valence electrons. The topological polar surface area (TPSA) is 9.23 Å². The molecule has 0 aliphatic heterocycles. The van der Waals surface area contributed by atoms with Gasteiger partial charge < -0.3 is 11.4 Å². The second-order valence-corrected chi connectivity index (χ2v) is 13.3. The molecular formula is C9H22OP3WY11-. The zero-order valence-corrected chi connectivity index (χ0v) is 52.6. The van der Waals surface area contributed by atoms with Gasteiger partial charge in [-0.15, -0.1) is 27.0 Å². The van der Waals surface area contributed by atoms with Crippen molar-refractivity contribution in [2.45, 2.75) is 0 Å². The van der Waals surface area contributed by atoms with Gasteiger partial charge in [-0.25, -0.2) is 0 Å². The molecule has 2 unspecified atom stereocenters. The van der Waals surface area contributed by atoms with Crippen molar-refractivity contribution in [3.8, 4) is 0 Å². The molecule has 0 aromatic heterocycles. The summed E-state index contributed by atoms with van der Waals surface area (Å²) >= 11 is 0. The van der Waals surface area contributed by atoms with Crippen LogP contribution in [0.3, 0.4) is 0 Å². The molecule has 11 radical (unpaired) electrons. The Labute approximate surface area is 450 Å². The van der Waals surface area contributed by atoms with Crippen LogP contribution in [0.1, 0.15) is 0 Å². The van der Waals surface area contributed by atoms with Gasteiger partial charge in [0.2, 0.25) is 0 Å². The third-order valence-corrected chi connectivity index (χ3v) is 10.8. The van der Waals surface area contributed by atoms with Gasteiger partial charge in [0.15, 0.2) is 0 Å². The van der Waals surface area contributed by atoms with E-state index in [0.29, 0.717) is 6.61 Å². The van der Waals surface area contributed by atoms with Crippen molar-refractivity contribution in [2.75, 3.05) is 31.7 Å². The molecule has 0 N–H and O–H groups in total. The molecule has 0 aliphatic carbocycles. The van der Waals surface area contributed by atoms with Gasteiger partial charge in [0.05, 0.1) is 0 Å². The molecule has 2 atom stereocenters. The predicted octanol–water partition coefficient (Wildman–Crippen LogP) is 2.64. The number of hydrogen-bond donors (Lipinski definition) is 0. The van der Waals surface area contributed by atoms with Crippen molar-refractivity contribution in [2.24, 2.45) is 0 Å². The Balaban J connectivity index is -0.0000000109. The molecule has 0 aliphatic rings. The van der Waals surface area contributed by atoms with E-state index in [-0.39, 0.29) is 381 Å². The molecule has 0 aromatic rings. The zero-order valence-electron chi connectivity index (χ0n) is 15.6. The average Bonchev–Trinajstić information content (AvgIpc) is 1.81. The summed E-state index contributed by atoms with van der Waals surface area (Å²) in [4.78, 5) is 0. The first-order chi connectivity index (χ1) is 5.85. The van der Waals surface area contributed by atoms with Crippen molar-refractivity contribution < 1.29 is 385 Å². The summed E-state index contributed by atoms with van der Waals surface area (Å²) in [6.45, 7) is 7.84. The molecule has 0 bridgehead atoms. The minimum absolute atomic E-state index is 0. The fourth-order valence-electron chi connectivity index (χ4n) is 1.14. The van der Waals surface area contributed by atoms with Crippen molar-refractivity contribution in [1.82, 2.24) is 0 Å². The van der Waals surface area contributed by atoms with Gasteiger partial charge in [0, 0.05) is 387 Å². The second-order valence-electron chi connectivity index (χ2n) is 3.91. The first-order valence-corrected chi connectivity index (χ1v) is 11.3. The number of hydrogen-bond acceptors (Lipinski definition) is 1. The van der Waals surface area contributed by atoms with E-state index in [2.05, 4.69) is 39.2 Å². The minimum atomic E-state index is -0.897. The Morgan fingerprint density at radius 2 is 1.08 bits per heavy atom. The Morgan fingerprint density at radius 1 is 0.800 bits per heavy atom. The molecule has 0 spiro atoms. The third kappa shape index (κ3) is 72.7. The Kier molecular flexibility index (Phi) is 192. The maximum Gasteiger partial charge on any atom is 0.00429 e. The van der Waals surface area contributed by atoms with Crippen LogP contribution in [0.15, 0.2) is 0 Å². The molecule has 0 amide bonds. The largest absolute Gasteiger partial charge is 0.396 e.